The number of carboxylic acid groups (broad SMARTS) is 1. The maximum Gasteiger partial charge on any atom is 0.326 e. The number of aliphatic hydroxyl groups excluding tert-OH is 2. The van der Waals surface area contributed by atoms with E-state index in [4.69, 9.17) is 5.73 Å². The number of nitrogens with two attached hydrogens (primary N) is 1. The molecule has 14 atom stereocenters. The Bertz CT molecular complexity index is 3080. The molecule has 0 aromatic carbocycles. The molecule has 12 N–H and O–H groups in total. The van der Waals surface area contributed by atoms with Crippen LogP contribution in [0.5, 0.6) is 0 Å². The SMILES string of the molecule is CC(C)(C)[C@H](NC(=O)[C@@H](NC(=O)c1cnccn1)C1CCCCC1)C(=O)N1C[C@@H]2CCC[C@@H]2[C@H]1C(=O)O.CCC[C@H](N)C(O)C(=O)NC1CC1.CCC[C@H](NC(=O)[C@@H]1[C@H]2CCC[C@H]2CN1C(=O)[C@@H](NC(=O)[C@@H](NC(=O)c1cnccn1)C1CCCCC1)C(C)(C)C)C(O)C(=O)NC1CC1. The molecule has 8 fully saturated rings. The number of hydrogen-bond donors (Lipinski definition) is 11. The molecular formula is C72H112N14O13. The van der Waals surface area contributed by atoms with Crippen molar-refractivity contribution in [3.05, 3.63) is 48.6 Å². The fourth-order valence-electron chi connectivity index (χ4n) is 15.6. The maximum atomic E-state index is 14.6. The number of amides is 9. The molecule has 2 saturated heterocycles. The third kappa shape index (κ3) is 20.9. The van der Waals surface area contributed by atoms with Gasteiger partial charge in [-0.15, -0.1) is 0 Å². The van der Waals surface area contributed by atoms with Crippen LogP contribution < -0.4 is 43.0 Å². The van der Waals surface area contributed by atoms with Crippen molar-refractivity contribution in [2.75, 3.05) is 13.1 Å². The van der Waals surface area contributed by atoms with E-state index in [-0.39, 0.29) is 82.6 Å². The molecular weight excluding hydrogens is 1270 g/mol. The Morgan fingerprint density at radius 3 is 1.30 bits per heavy atom. The van der Waals surface area contributed by atoms with Gasteiger partial charge in [-0.1, -0.05) is 120 Å². The number of likely N-dealkylation sites (tertiary alicyclic amines) is 2. The van der Waals surface area contributed by atoms with Crippen molar-refractivity contribution in [2.24, 2.45) is 52.1 Å². The van der Waals surface area contributed by atoms with Crippen LogP contribution in [0.25, 0.3) is 0 Å². The number of aromatic nitrogens is 4. The number of aliphatic carboxylic acids is 1. The van der Waals surface area contributed by atoms with E-state index < -0.39 is 107 Å². The van der Waals surface area contributed by atoms with E-state index in [1.165, 1.54) is 42.1 Å². The number of aliphatic hydroxyl groups is 2. The predicted octanol–water partition coefficient (Wildman–Crippen LogP) is 4.39. The van der Waals surface area contributed by atoms with E-state index in [0.29, 0.717) is 32.4 Å². The van der Waals surface area contributed by atoms with Crippen LogP contribution >= 0.6 is 0 Å². The van der Waals surface area contributed by atoms with Crippen molar-refractivity contribution in [1.82, 2.24) is 67.0 Å². The first kappa shape index (κ1) is 77.5. The first-order valence-corrected chi connectivity index (χ1v) is 36.7. The van der Waals surface area contributed by atoms with Crippen molar-refractivity contribution < 1.29 is 63.3 Å². The summed E-state index contributed by atoms with van der Waals surface area (Å²) in [7, 11) is 0. The minimum Gasteiger partial charge on any atom is -0.480 e. The lowest BCUT2D eigenvalue weighted by Gasteiger charge is -2.38. The molecule has 27 heteroatoms. The molecule has 2 unspecified atom stereocenters. The zero-order valence-electron chi connectivity index (χ0n) is 59.4. The third-order valence-corrected chi connectivity index (χ3v) is 21.4. The van der Waals surface area contributed by atoms with Gasteiger partial charge in [-0.2, -0.15) is 0 Å². The van der Waals surface area contributed by atoms with Crippen molar-refractivity contribution in [3.8, 4) is 0 Å². The predicted molar refractivity (Wildman–Crippen MR) is 367 cm³/mol. The molecule has 0 spiro atoms. The smallest absolute Gasteiger partial charge is 0.326 e. The van der Waals surface area contributed by atoms with Crippen LogP contribution in [-0.4, -0.2) is 190 Å². The molecule has 8 aliphatic rings. The summed E-state index contributed by atoms with van der Waals surface area (Å²) in [6.07, 6.45) is 26.9. The number of hydrogen-bond acceptors (Lipinski definition) is 17. The Labute approximate surface area is 582 Å². The van der Waals surface area contributed by atoms with E-state index >= 15 is 0 Å². The van der Waals surface area contributed by atoms with Gasteiger partial charge in [0.05, 0.1) is 18.4 Å². The second kappa shape index (κ2) is 35.4. The Hall–Kier alpha value is -7.26. The van der Waals surface area contributed by atoms with Gasteiger partial charge >= 0.3 is 5.97 Å². The van der Waals surface area contributed by atoms with E-state index in [1.807, 2.05) is 55.4 Å². The monoisotopic (exact) mass is 1380 g/mol. The van der Waals surface area contributed by atoms with Crippen molar-refractivity contribution in [3.63, 3.8) is 0 Å². The molecule has 2 aromatic rings. The number of carbonyl (C=O) groups excluding carboxylic acids is 9. The average molecular weight is 1380 g/mol. The summed E-state index contributed by atoms with van der Waals surface area (Å²) < 4.78 is 0. The van der Waals surface area contributed by atoms with Crippen LogP contribution in [-0.2, 0) is 38.4 Å². The van der Waals surface area contributed by atoms with Gasteiger partial charge in [-0.05, 0) is 136 Å². The third-order valence-electron chi connectivity index (χ3n) is 21.4. The molecule has 99 heavy (non-hydrogen) atoms. The first-order chi connectivity index (χ1) is 47.1. The minimum absolute atomic E-state index is 0.0426. The average Bonchev–Trinajstić information content (AvgIpc) is 1.64. The summed E-state index contributed by atoms with van der Waals surface area (Å²) in [5, 5.41) is 50.6. The molecule has 0 bridgehead atoms. The summed E-state index contributed by atoms with van der Waals surface area (Å²) in [5.41, 5.74) is 4.45. The second-order valence-electron chi connectivity index (χ2n) is 31.2. The minimum atomic E-state index is -1.40. The van der Waals surface area contributed by atoms with Crippen LogP contribution in [0, 0.1) is 46.3 Å². The van der Waals surface area contributed by atoms with Gasteiger partial charge in [0.25, 0.3) is 23.6 Å². The largest absolute Gasteiger partial charge is 0.480 e. The van der Waals surface area contributed by atoms with Crippen LogP contribution in [0.4, 0.5) is 0 Å². The lowest BCUT2D eigenvalue weighted by molar-refractivity contribution is -0.152. The highest BCUT2D eigenvalue weighted by Gasteiger charge is 2.54. The highest BCUT2D eigenvalue weighted by molar-refractivity contribution is 5.99. The van der Waals surface area contributed by atoms with Crippen LogP contribution in [0.1, 0.15) is 230 Å². The standard InChI is InChI=1S/C36H55N7O6.C27H39N5O5.C9H18N2O2/c1-5-10-25(29(44)34(48)39-23-15-16-23)40-33(47)28-24-14-9-13-22(24)20-43(28)35(49)30(36(2,3)4)42-32(46)27(21-11-7-6-8-12-21)41-31(45)26-19-37-17-18-38-26;1-27(2,3)22(25(35)32-15-17-10-7-11-18(17)21(32)26(36)37)31-24(34)20(16-8-5-4-6-9-16)30-23(33)19-14-28-12-13-29-19;1-2-3-7(10)8(12)9(13)11-6-4-5-6/h17-19,21-25,27-30,44H,5-16,20H2,1-4H3,(H,39,48)(H,40,47)(H,41,45)(H,42,46);12-14,16-18,20-22H,4-11,15H2,1-3H3,(H,30,33)(H,31,34)(H,36,37);6-8,12H,2-5,10H2,1H3,(H,11,13)/t22-,24-,25-,27-,28-,29?,30+;17-,18-,20-,21-,22+;7-,8?/m000/s1. The van der Waals surface area contributed by atoms with E-state index in [2.05, 4.69) is 57.2 Å². The number of fused-ring (bicyclic) bond motifs is 2. The molecule has 2 aliphatic heterocycles. The highest BCUT2D eigenvalue weighted by atomic mass is 16.4. The van der Waals surface area contributed by atoms with Crippen molar-refractivity contribution in [2.45, 2.75) is 282 Å². The Balaban J connectivity index is 0.000000219. The Morgan fingerprint density at radius 1 is 0.505 bits per heavy atom. The van der Waals surface area contributed by atoms with Gasteiger partial charge in [0.2, 0.25) is 29.5 Å². The van der Waals surface area contributed by atoms with E-state index in [0.717, 1.165) is 135 Å². The molecule has 0 radical (unpaired) electrons. The first-order valence-electron chi connectivity index (χ1n) is 36.7. The summed E-state index contributed by atoms with van der Waals surface area (Å²) in [6, 6.07) is -6.12. The number of carboxylic acids is 1. The van der Waals surface area contributed by atoms with Crippen LogP contribution in [0.15, 0.2) is 37.2 Å². The second-order valence-corrected chi connectivity index (χ2v) is 31.2. The molecule has 548 valence electrons. The van der Waals surface area contributed by atoms with Gasteiger partial charge in [-0.3, -0.25) is 53.1 Å². The number of nitrogens with zero attached hydrogens (tertiary/aromatic N) is 6. The van der Waals surface area contributed by atoms with E-state index in [9.17, 15) is 63.3 Å². The molecule has 6 saturated carbocycles. The molecule has 6 aliphatic carbocycles. The molecule has 9 amide bonds. The fourth-order valence-corrected chi connectivity index (χ4v) is 15.6. The Kier molecular flexibility index (Phi) is 27.7. The summed E-state index contributed by atoms with van der Waals surface area (Å²) >= 11 is 0. The van der Waals surface area contributed by atoms with Gasteiger partial charge in [0.1, 0.15) is 53.7 Å². The van der Waals surface area contributed by atoms with Gasteiger partial charge in [0, 0.05) is 56.0 Å². The number of rotatable bonds is 25. The quantitative estimate of drug-likeness (QED) is 0.0656. The molecule has 2 aromatic heterocycles. The topological polar surface area (TPSA) is 400 Å². The lowest BCUT2D eigenvalue weighted by atomic mass is 9.82. The highest BCUT2D eigenvalue weighted by Crippen LogP contribution is 2.45. The van der Waals surface area contributed by atoms with Gasteiger partial charge in [-0.25, -0.2) is 14.8 Å². The van der Waals surface area contributed by atoms with Gasteiger partial charge in [0.15, 0.2) is 6.10 Å². The molecule has 27 nitrogen and oxygen atoms in total. The summed E-state index contributed by atoms with van der Waals surface area (Å²) in [6.45, 7) is 15.9. The van der Waals surface area contributed by atoms with Crippen LogP contribution in [0.3, 0.4) is 0 Å². The summed E-state index contributed by atoms with van der Waals surface area (Å²) in [5.74, 6) is -4.70. The van der Waals surface area contributed by atoms with E-state index in [1.54, 1.807) is 4.90 Å². The van der Waals surface area contributed by atoms with Crippen molar-refractivity contribution >= 4 is 59.1 Å². The Morgan fingerprint density at radius 2 is 0.919 bits per heavy atom. The lowest BCUT2D eigenvalue weighted by Crippen LogP contribution is -2.62. The van der Waals surface area contributed by atoms with Crippen molar-refractivity contribution in [1.29, 1.82) is 0 Å². The van der Waals surface area contributed by atoms with Crippen LogP contribution in [0.2, 0.25) is 0 Å². The summed E-state index contributed by atoms with van der Waals surface area (Å²) in [4.78, 5) is 152. The van der Waals surface area contributed by atoms with Gasteiger partial charge < -0.3 is 68.1 Å². The maximum absolute atomic E-state index is 14.6. The number of nitrogens with one attached hydrogen (secondary N) is 7. The molecule has 4 heterocycles. The number of carbonyl (C=O) groups is 10. The zero-order valence-corrected chi connectivity index (χ0v) is 59.4. The zero-order chi connectivity index (χ0) is 71.9. The fraction of sp³-hybridized carbons (Fsp3) is 0.750. The molecule has 10 rings (SSSR count). The normalized spacial score (nSPS) is 24.7.